The average Bonchev–Trinajstić information content (AvgIpc) is 2.49. The Balaban J connectivity index is 1.68. The summed E-state index contributed by atoms with van der Waals surface area (Å²) in [4.78, 5) is 9.63. The van der Waals surface area contributed by atoms with Gasteiger partial charge in [-0.3, -0.25) is 0 Å². The van der Waals surface area contributed by atoms with Gasteiger partial charge in [0.2, 0.25) is 0 Å². The molecule has 1 heterocycles. The van der Waals surface area contributed by atoms with Crippen LogP contribution in [0.15, 0.2) is 24.3 Å². The van der Waals surface area contributed by atoms with Crippen molar-refractivity contribution in [1.82, 2.24) is 9.97 Å². The minimum absolute atomic E-state index is 0.591. The predicted octanol–water partition coefficient (Wildman–Crippen LogP) is 5.19. The van der Waals surface area contributed by atoms with Crippen molar-refractivity contribution in [3.05, 3.63) is 35.7 Å². The summed E-state index contributed by atoms with van der Waals surface area (Å²) in [7, 11) is 0. The molecule has 2 unspecified atom stereocenters. The number of hydrogen-bond acceptors (Lipinski definition) is 2. The standard InChI is InChI=1S/C18H24N2/c1-3-4-5-6-7-10-14-13(2)17-18(14)20-16-12-9-8-11-15(16)19-17/h8-9,11-14H,3-7,10H2,1-2H3. The Morgan fingerprint density at radius 2 is 1.55 bits per heavy atom. The van der Waals surface area contributed by atoms with Crippen LogP contribution in [0.5, 0.6) is 0 Å². The van der Waals surface area contributed by atoms with Gasteiger partial charge in [-0.05, 0) is 18.6 Å². The number of para-hydroxylation sites is 2. The molecule has 0 saturated heterocycles. The van der Waals surface area contributed by atoms with Crippen LogP contribution < -0.4 is 0 Å². The number of rotatable bonds is 6. The molecule has 0 fully saturated rings. The van der Waals surface area contributed by atoms with Gasteiger partial charge < -0.3 is 0 Å². The topological polar surface area (TPSA) is 25.8 Å². The van der Waals surface area contributed by atoms with Crippen LogP contribution in [0.25, 0.3) is 11.0 Å². The molecular formula is C18H24N2. The summed E-state index contributed by atoms with van der Waals surface area (Å²) in [6.45, 7) is 4.58. The van der Waals surface area contributed by atoms with E-state index in [2.05, 4.69) is 26.0 Å². The lowest BCUT2D eigenvalue weighted by Crippen LogP contribution is -2.25. The minimum atomic E-state index is 0.591. The van der Waals surface area contributed by atoms with Crippen LogP contribution in [0.3, 0.4) is 0 Å². The zero-order chi connectivity index (χ0) is 13.9. The van der Waals surface area contributed by atoms with E-state index >= 15 is 0 Å². The van der Waals surface area contributed by atoms with Gasteiger partial charge in [0, 0.05) is 11.8 Å². The zero-order valence-corrected chi connectivity index (χ0v) is 12.6. The molecule has 0 N–H and O–H groups in total. The minimum Gasteiger partial charge on any atom is -0.249 e. The van der Waals surface area contributed by atoms with Crippen molar-refractivity contribution in [3.63, 3.8) is 0 Å². The molecule has 3 rings (SSSR count). The third-order valence-electron chi connectivity index (χ3n) is 4.63. The number of aromatic nitrogens is 2. The fraction of sp³-hybridized carbons (Fsp3) is 0.556. The normalized spacial score (nSPS) is 20.7. The Morgan fingerprint density at radius 1 is 0.900 bits per heavy atom. The molecule has 20 heavy (non-hydrogen) atoms. The van der Waals surface area contributed by atoms with Crippen LogP contribution >= 0.6 is 0 Å². The molecule has 0 amide bonds. The van der Waals surface area contributed by atoms with E-state index in [-0.39, 0.29) is 0 Å². The highest BCUT2D eigenvalue weighted by molar-refractivity contribution is 5.75. The molecule has 0 aliphatic heterocycles. The number of unbranched alkanes of at least 4 members (excludes halogenated alkanes) is 4. The van der Waals surface area contributed by atoms with Crippen LogP contribution in [0, 0.1) is 0 Å². The average molecular weight is 268 g/mol. The fourth-order valence-electron chi connectivity index (χ4n) is 3.32. The molecule has 2 nitrogen and oxygen atoms in total. The second kappa shape index (κ2) is 5.90. The maximum Gasteiger partial charge on any atom is 0.0890 e. The van der Waals surface area contributed by atoms with E-state index in [4.69, 9.17) is 9.97 Å². The van der Waals surface area contributed by atoms with Gasteiger partial charge in [-0.1, -0.05) is 58.1 Å². The molecule has 0 spiro atoms. The lowest BCUT2D eigenvalue weighted by Gasteiger charge is -2.35. The van der Waals surface area contributed by atoms with Crippen LogP contribution in [0.4, 0.5) is 0 Å². The maximum atomic E-state index is 4.85. The van der Waals surface area contributed by atoms with Gasteiger partial charge in [-0.15, -0.1) is 0 Å². The molecule has 1 aliphatic carbocycles. The number of nitrogens with zero attached hydrogens (tertiary/aromatic N) is 2. The molecule has 1 aromatic carbocycles. The quantitative estimate of drug-likeness (QED) is 0.674. The molecule has 1 aromatic heterocycles. The van der Waals surface area contributed by atoms with Crippen molar-refractivity contribution in [2.45, 2.75) is 64.2 Å². The first kappa shape index (κ1) is 13.5. The first-order valence-electron chi connectivity index (χ1n) is 8.08. The molecule has 2 atom stereocenters. The SMILES string of the molecule is CCCCCCCC1c2nc3ccccc3nc2C1C. The molecule has 0 bridgehead atoms. The van der Waals surface area contributed by atoms with E-state index in [9.17, 15) is 0 Å². The monoisotopic (exact) mass is 268 g/mol. The summed E-state index contributed by atoms with van der Waals surface area (Å²) in [6, 6.07) is 8.22. The van der Waals surface area contributed by atoms with Gasteiger partial charge in [0.1, 0.15) is 0 Å². The summed E-state index contributed by atoms with van der Waals surface area (Å²) in [6.07, 6.45) is 8.07. The van der Waals surface area contributed by atoms with Crippen LogP contribution in [0.1, 0.15) is 75.6 Å². The third-order valence-corrected chi connectivity index (χ3v) is 4.63. The Kier molecular flexibility index (Phi) is 4.00. The van der Waals surface area contributed by atoms with E-state index in [0.29, 0.717) is 11.8 Å². The summed E-state index contributed by atoms with van der Waals surface area (Å²) in [5, 5.41) is 0. The van der Waals surface area contributed by atoms with Crippen LogP contribution in [-0.2, 0) is 0 Å². The largest absolute Gasteiger partial charge is 0.249 e. The summed E-state index contributed by atoms with van der Waals surface area (Å²) in [5.41, 5.74) is 4.60. The van der Waals surface area contributed by atoms with Crippen molar-refractivity contribution < 1.29 is 0 Å². The first-order valence-corrected chi connectivity index (χ1v) is 8.08. The van der Waals surface area contributed by atoms with Crippen molar-refractivity contribution in [2.75, 3.05) is 0 Å². The predicted molar refractivity (Wildman–Crippen MR) is 84.1 cm³/mol. The Labute approximate surface area is 121 Å². The molecular weight excluding hydrogens is 244 g/mol. The smallest absolute Gasteiger partial charge is 0.0890 e. The van der Waals surface area contributed by atoms with Crippen molar-refractivity contribution in [2.24, 2.45) is 0 Å². The molecule has 1 aliphatic rings. The fourth-order valence-corrected chi connectivity index (χ4v) is 3.32. The van der Waals surface area contributed by atoms with Crippen molar-refractivity contribution in [3.8, 4) is 0 Å². The number of fused-ring (bicyclic) bond motifs is 2. The van der Waals surface area contributed by atoms with Gasteiger partial charge in [-0.2, -0.15) is 0 Å². The number of benzene rings is 1. The van der Waals surface area contributed by atoms with E-state index < -0.39 is 0 Å². The highest BCUT2D eigenvalue weighted by Crippen LogP contribution is 2.47. The van der Waals surface area contributed by atoms with E-state index in [0.717, 1.165) is 11.0 Å². The summed E-state index contributed by atoms with van der Waals surface area (Å²) in [5.74, 6) is 1.23. The molecule has 0 radical (unpaired) electrons. The van der Waals surface area contributed by atoms with Crippen LogP contribution in [-0.4, -0.2) is 9.97 Å². The third kappa shape index (κ3) is 2.44. The molecule has 0 saturated carbocycles. The van der Waals surface area contributed by atoms with Crippen molar-refractivity contribution in [1.29, 1.82) is 0 Å². The summed E-state index contributed by atoms with van der Waals surface area (Å²) < 4.78 is 0. The Hall–Kier alpha value is -1.44. The lowest BCUT2D eigenvalue weighted by molar-refractivity contribution is 0.421. The van der Waals surface area contributed by atoms with Crippen LogP contribution in [0.2, 0.25) is 0 Å². The Bertz CT molecular complexity index is 591. The lowest BCUT2D eigenvalue weighted by atomic mass is 9.72. The van der Waals surface area contributed by atoms with Gasteiger partial charge in [0.25, 0.3) is 0 Å². The second-order valence-corrected chi connectivity index (χ2v) is 6.08. The van der Waals surface area contributed by atoms with Gasteiger partial charge >= 0.3 is 0 Å². The van der Waals surface area contributed by atoms with Gasteiger partial charge in [0.05, 0.1) is 22.4 Å². The molecule has 2 heteroatoms. The summed E-state index contributed by atoms with van der Waals surface area (Å²) >= 11 is 0. The molecule has 2 aromatic rings. The van der Waals surface area contributed by atoms with Gasteiger partial charge in [-0.25, -0.2) is 9.97 Å². The van der Waals surface area contributed by atoms with Gasteiger partial charge in [0.15, 0.2) is 0 Å². The van der Waals surface area contributed by atoms with E-state index in [1.165, 1.54) is 49.9 Å². The van der Waals surface area contributed by atoms with E-state index in [1.54, 1.807) is 0 Å². The number of hydrogen-bond donors (Lipinski definition) is 0. The van der Waals surface area contributed by atoms with Crippen molar-refractivity contribution >= 4 is 11.0 Å². The first-order chi connectivity index (χ1) is 9.81. The molecule has 106 valence electrons. The zero-order valence-electron chi connectivity index (χ0n) is 12.6. The maximum absolute atomic E-state index is 4.85. The van der Waals surface area contributed by atoms with E-state index in [1.807, 2.05) is 12.1 Å². The Morgan fingerprint density at radius 3 is 2.25 bits per heavy atom. The second-order valence-electron chi connectivity index (χ2n) is 6.08. The highest BCUT2D eigenvalue weighted by atomic mass is 14.9. The highest BCUT2D eigenvalue weighted by Gasteiger charge is 2.37.